The van der Waals surface area contributed by atoms with Crippen molar-refractivity contribution in [1.82, 2.24) is 15.5 Å². The third kappa shape index (κ3) is 3.31. The first-order valence-electron chi connectivity index (χ1n) is 6.76. The van der Waals surface area contributed by atoms with Crippen molar-refractivity contribution in [2.24, 2.45) is 5.10 Å². The largest absolute Gasteiger partial charge is 0.461 e. The molecular formula is C14H16N4O3. The summed E-state index contributed by atoms with van der Waals surface area (Å²) in [5.41, 5.74) is 1.71. The van der Waals surface area contributed by atoms with E-state index in [1.807, 2.05) is 6.92 Å². The molecule has 0 aromatic carbocycles. The first-order valence-corrected chi connectivity index (χ1v) is 6.76. The summed E-state index contributed by atoms with van der Waals surface area (Å²) < 4.78 is 10.4. The highest BCUT2D eigenvalue weighted by Crippen LogP contribution is 2.20. The predicted molar refractivity (Wildman–Crippen MR) is 75.4 cm³/mol. The fraction of sp³-hybridized carbons (Fsp3) is 0.357. The van der Waals surface area contributed by atoms with Gasteiger partial charge in [-0.2, -0.15) is 5.10 Å². The van der Waals surface area contributed by atoms with Crippen molar-refractivity contribution >= 4 is 11.6 Å². The Morgan fingerprint density at radius 2 is 2.38 bits per heavy atom. The van der Waals surface area contributed by atoms with Gasteiger partial charge in [0.25, 0.3) is 0 Å². The fourth-order valence-electron chi connectivity index (χ4n) is 2.09. The van der Waals surface area contributed by atoms with Crippen LogP contribution in [-0.2, 0) is 11.3 Å². The molecule has 0 saturated carbocycles. The van der Waals surface area contributed by atoms with Crippen LogP contribution >= 0.6 is 0 Å². The highest BCUT2D eigenvalue weighted by Gasteiger charge is 2.15. The topological polar surface area (TPSA) is 83.9 Å². The zero-order chi connectivity index (χ0) is 14.7. The van der Waals surface area contributed by atoms with Crippen molar-refractivity contribution in [3.8, 4) is 11.5 Å². The first kappa shape index (κ1) is 13.4. The molecule has 0 radical (unpaired) electrons. The number of furan rings is 1. The fourth-order valence-corrected chi connectivity index (χ4v) is 2.09. The van der Waals surface area contributed by atoms with Crippen LogP contribution in [0.25, 0.3) is 11.5 Å². The number of hydrazone groups is 1. The van der Waals surface area contributed by atoms with Gasteiger partial charge >= 0.3 is 0 Å². The SMILES string of the molecule is CC1=NN(CC(=O)NCc2cc(-c3ccco3)on2)CC1. The van der Waals surface area contributed by atoms with Gasteiger partial charge < -0.3 is 14.3 Å². The van der Waals surface area contributed by atoms with Crippen molar-refractivity contribution in [2.75, 3.05) is 13.1 Å². The molecule has 3 rings (SSSR count). The van der Waals surface area contributed by atoms with Gasteiger partial charge in [-0.15, -0.1) is 0 Å². The minimum atomic E-state index is -0.0870. The molecule has 0 unspecified atom stereocenters. The zero-order valence-electron chi connectivity index (χ0n) is 11.7. The van der Waals surface area contributed by atoms with Crippen LogP contribution in [0.2, 0.25) is 0 Å². The van der Waals surface area contributed by atoms with Crippen LogP contribution in [0, 0.1) is 0 Å². The summed E-state index contributed by atoms with van der Waals surface area (Å²) in [6.07, 6.45) is 2.49. The second kappa shape index (κ2) is 5.82. The maximum atomic E-state index is 11.8. The average Bonchev–Trinajstić information content (AvgIpc) is 3.17. The Kier molecular flexibility index (Phi) is 3.72. The highest BCUT2D eigenvalue weighted by molar-refractivity contribution is 5.84. The molecule has 0 saturated heterocycles. The number of nitrogens with one attached hydrogen (secondary N) is 1. The van der Waals surface area contributed by atoms with E-state index in [0.717, 1.165) is 18.7 Å². The molecule has 110 valence electrons. The normalized spacial score (nSPS) is 14.3. The van der Waals surface area contributed by atoms with Gasteiger partial charge in [0.2, 0.25) is 11.7 Å². The standard InChI is InChI=1S/C14H16N4O3/c1-10-4-5-18(16-10)9-14(19)15-8-11-7-13(21-17-11)12-3-2-6-20-12/h2-3,6-7H,4-5,8-9H2,1H3,(H,15,19). The number of hydrogen-bond donors (Lipinski definition) is 1. The quantitative estimate of drug-likeness (QED) is 0.904. The van der Waals surface area contributed by atoms with E-state index in [4.69, 9.17) is 8.94 Å². The van der Waals surface area contributed by atoms with Gasteiger partial charge in [-0.25, -0.2) is 0 Å². The molecule has 0 spiro atoms. The molecule has 1 amide bonds. The van der Waals surface area contributed by atoms with Crippen molar-refractivity contribution in [3.63, 3.8) is 0 Å². The molecular weight excluding hydrogens is 272 g/mol. The van der Waals surface area contributed by atoms with Crippen molar-refractivity contribution in [3.05, 3.63) is 30.2 Å². The van der Waals surface area contributed by atoms with Crippen molar-refractivity contribution < 1.29 is 13.7 Å². The molecule has 0 atom stereocenters. The number of hydrogen-bond acceptors (Lipinski definition) is 6. The summed E-state index contributed by atoms with van der Waals surface area (Å²) in [4.78, 5) is 11.8. The molecule has 7 heteroatoms. The molecule has 3 heterocycles. The number of carbonyl (C=O) groups excluding carboxylic acids is 1. The van der Waals surface area contributed by atoms with Crippen LogP contribution in [0.15, 0.2) is 38.5 Å². The smallest absolute Gasteiger partial charge is 0.241 e. The third-order valence-corrected chi connectivity index (χ3v) is 3.16. The van der Waals surface area contributed by atoms with E-state index in [1.54, 1.807) is 29.5 Å². The van der Waals surface area contributed by atoms with Crippen LogP contribution in [-0.4, -0.2) is 34.9 Å². The Balaban J connectivity index is 1.50. The molecule has 1 aliphatic heterocycles. The van der Waals surface area contributed by atoms with E-state index in [2.05, 4.69) is 15.6 Å². The minimum Gasteiger partial charge on any atom is -0.461 e. The van der Waals surface area contributed by atoms with Crippen LogP contribution in [0.3, 0.4) is 0 Å². The summed E-state index contributed by atoms with van der Waals surface area (Å²) >= 11 is 0. The Bertz CT molecular complexity index is 645. The number of amides is 1. The van der Waals surface area contributed by atoms with Gasteiger partial charge in [-0.1, -0.05) is 5.16 Å². The van der Waals surface area contributed by atoms with E-state index >= 15 is 0 Å². The first-order chi connectivity index (χ1) is 10.2. The molecule has 2 aromatic heterocycles. The molecule has 0 bridgehead atoms. The van der Waals surface area contributed by atoms with Crippen LogP contribution in [0.4, 0.5) is 0 Å². The molecule has 0 fully saturated rings. The van der Waals surface area contributed by atoms with E-state index < -0.39 is 0 Å². The van der Waals surface area contributed by atoms with Crippen molar-refractivity contribution in [2.45, 2.75) is 19.9 Å². The van der Waals surface area contributed by atoms with E-state index in [0.29, 0.717) is 23.8 Å². The predicted octanol–water partition coefficient (Wildman–Crippen LogP) is 1.63. The number of aromatic nitrogens is 1. The molecule has 2 aromatic rings. The minimum absolute atomic E-state index is 0.0870. The Morgan fingerprint density at radius 1 is 1.48 bits per heavy atom. The van der Waals surface area contributed by atoms with Gasteiger partial charge in [0.05, 0.1) is 12.8 Å². The molecule has 7 nitrogen and oxygen atoms in total. The maximum absolute atomic E-state index is 11.8. The van der Waals surface area contributed by atoms with Gasteiger partial charge in [0.15, 0.2) is 5.76 Å². The lowest BCUT2D eigenvalue weighted by atomic mass is 10.3. The van der Waals surface area contributed by atoms with Crippen LogP contribution in [0.5, 0.6) is 0 Å². The van der Waals surface area contributed by atoms with E-state index in [-0.39, 0.29) is 12.5 Å². The monoisotopic (exact) mass is 288 g/mol. The lowest BCUT2D eigenvalue weighted by molar-refractivity contribution is -0.122. The van der Waals surface area contributed by atoms with Gasteiger partial charge in [-0.05, 0) is 19.1 Å². The summed E-state index contributed by atoms with van der Waals surface area (Å²) in [6, 6.07) is 5.31. The van der Waals surface area contributed by atoms with Crippen molar-refractivity contribution in [1.29, 1.82) is 0 Å². The molecule has 0 aliphatic carbocycles. The van der Waals surface area contributed by atoms with E-state index in [1.165, 1.54) is 0 Å². The van der Waals surface area contributed by atoms with Gasteiger partial charge in [0.1, 0.15) is 12.2 Å². The number of nitrogens with zero attached hydrogens (tertiary/aromatic N) is 3. The molecule has 1 N–H and O–H groups in total. The maximum Gasteiger partial charge on any atom is 0.241 e. The Hall–Kier alpha value is -2.57. The summed E-state index contributed by atoms with van der Waals surface area (Å²) in [7, 11) is 0. The zero-order valence-corrected chi connectivity index (χ0v) is 11.7. The highest BCUT2D eigenvalue weighted by atomic mass is 16.5. The number of carbonyl (C=O) groups is 1. The lowest BCUT2D eigenvalue weighted by Gasteiger charge is -2.12. The Morgan fingerprint density at radius 3 is 3.10 bits per heavy atom. The summed E-state index contributed by atoms with van der Waals surface area (Å²) in [5.74, 6) is 1.07. The third-order valence-electron chi connectivity index (χ3n) is 3.16. The summed E-state index contributed by atoms with van der Waals surface area (Å²) in [6.45, 7) is 3.34. The summed E-state index contributed by atoms with van der Waals surface area (Å²) in [5, 5.41) is 12.7. The molecule has 1 aliphatic rings. The van der Waals surface area contributed by atoms with Gasteiger partial charge in [-0.3, -0.25) is 9.80 Å². The second-order valence-corrected chi connectivity index (χ2v) is 4.91. The van der Waals surface area contributed by atoms with E-state index in [9.17, 15) is 4.79 Å². The van der Waals surface area contributed by atoms with Gasteiger partial charge in [0, 0.05) is 24.7 Å². The average molecular weight is 288 g/mol. The molecule has 21 heavy (non-hydrogen) atoms. The lowest BCUT2D eigenvalue weighted by Crippen LogP contribution is -2.33. The van der Waals surface area contributed by atoms with Crippen LogP contribution in [0.1, 0.15) is 19.0 Å². The number of rotatable bonds is 5. The second-order valence-electron chi connectivity index (χ2n) is 4.91. The Labute approximate surface area is 121 Å². The van der Waals surface area contributed by atoms with Crippen LogP contribution < -0.4 is 5.32 Å².